The monoisotopic (exact) mass is 342 g/mol. The molecule has 0 saturated heterocycles. The van der Waals surface area contributed by atoms with Gasteiger partial charge in [-0.15, -0.1) is 0 Å². The second-order valence-corrected chi connectivity index (χ2v) is 11.8. The molecule has 1 aromatic rings. The minimum absolute atomic E-state index is 0.0902. The molecule has 5 nitrogen and oxygen atoms in total. The minimum atomic E-state index is -2.65. The van der Waals surface area contributed by atoms with Crippen LogP contribution in [0, 0.1) is 0 Å². The van der Waals surface area contributed by atoms with Crippen LogP contribution < -0.4 is 4.74 Å². The molecule has 0 heterocycles. The Bertz CT molecular complexity index is 440. The number of para-hydroxylation sites is 1. The highest BCUT2D eigenvalue weighted by atomic mass is 28.4. The number of ether oxygens (including phenoxy) is 1. The van der Waals surface area contributed by atoms with Gasteiger partial charge in [0.1, 0.15) is 5.75 Å². The second kappa shape index (κ2) is 9.21. The maximum absolute atomic E-state index is 12.4. The fourth-order valence-electron chi connectivity index (χ4n) is 2.29. The number of hydrogen-bond donors (Lipinski definition) is 0. The normalized spacial score (nSPS) is 13.2. The molecule has 0 radical (unpaired) electrons. The third-order valence-corrected chi connectivity index (χ3v) is 8.75. The van der Waals surface area contributed by atoms with Gasteiger partial charge in [-0.05, 0) is 18.6 Å². The first-order chi connectivity index (χ1) is 10.5. The lowest BCUT2D eigenvalue weighted by molar-refractivity contribution is -0.134. The van der Waals surface area contributed by atoms with Gasteiger partial charge in [-0.1, -0.05) is 31.3 Å². The summed E-state index contributed by atoms with van der Waals surface area (Å²) in [7, 11) is 0.884. The number of carbonyl (C=O) groups is 1. The van der Waals surface area contributed by atoms with E-state index in [1.165, 1.54) is 0 Å². The Morgan fingerprint density at radius 1 is 1.09 bits per heavy atom. The third-order valence-electron chi connectivity index (χ3n) is 3.76. The molecular weight excluding hydrogens is 316 g/mol. The van der Waals surface area contributed by atoms with E-state index in [4.69, 9.17) is 18.0 Å². The predicted molar refractivity (Wildman–Crippen MR) is 90.9 cm³/mol. The van der Waals surface area contributed by atoms with E-state index in [0.717, 1.165) is 0 Å². The van der Waals surface area contributed by atoms with Crippen LogP contribution in [0.5, 0.6) is 5.75 Å². The molecule has 124 valence electrons. The van der Waals surface area contributed by atoms with Crippen molar-refractivity contribution in [3.8, 4) is 5.75 Å². The summed E-state index contributed by atoms with van der Waals surface area (Å²) in [5.41, 5.74) is -0.0902. The zero-order chi connectivity index (χ0) is 16.6. The summed E-state index contributed by atoms with van der Waals surface area (Å²) in [6.07, 6.45) is 0.664. The van der Waals surface area contributed by atoms with Crippen LogP contribution in [0.1, 0.15) is 6.42 Å². The zero-order valence-electron chi connectivity index (χ0n) is 14.0. The summed E-state index contributed by atoms with van der Waals surface area (Å²) in [5.74, 6) is 0.417. The SMILES string of the molecule is CO[Si](CCC(C(=O)Oc1ccccc1)[SiH](C)C)(OC)OC. The van der Waals surface area contributed by atoms with Gasteiger partial charge in [-0.2, -0.15) is 0 Å². The number of esters is 1. The molecule has 7 heteroatoms. The second-order valence-electron chi connectivity index (χ2n) is 5.42. The smallest absolute Gasteiger partial charge is 0.427 e. The summed E-state index contributed by atoms with van der Waals surface area (Å²) in [6.45, 7) is 4.29. The van der Waals surface area contributed by atoms with Crippen LogP contribution in [0.2, 0.25) is 24.7 Å². The molecule has 1 rings (SSSR count). The van der Waals surface area contributed by atoms with Crippen LogP contribution in [-0.2, 0) is 18.1 Å². The Morgan fingerprint density at radius 3 is 2.09 bits per heavy atom. The molecule has 22 heavy (non-hydrogen) atoms. The topological polar surface area (TPSA) is 54.0 Å². The van der Waals surface area contributed by atoms with Crippen LogP contribution in [0.4, 0.5) is 0 Å². The summed E-state index contributed by atoms with van der Waals surface area (Å²) in [6, 6.07) is 9.77. The van der Waals surface area contributed by atoms with Gasteiger partial charge < -0.3 is 18.0 Å². The van der Waals surface area contributed by atoms with Gasteiger partial charge in [0.2, 0.25) is 0 Å². The Kier molecular flexibility index (Phi) is 7.98. The molecule has 0 spiro atoms. The molecule has 0 amide bonds. The van der Waals surface area contributed by atoms with Crippen LogP contribution >= 0.6 is 0 Å². The predicted octanol–water partition coefficient (Wildman–Crippen LogP) is 2.72. The Morgan fingerprint density at radius 2 is 1.64 bits per heavy atom. The van der Waals surface area contributed by atoms with E-state index < -0.39 is 17.6 Å². The van der Waals surface area contributed by atoms with E-state index in [9.17, 15) is 4.79 Å². The number of benzene rings is 1. The molecule has 1 atom stereocenters. The van der Waals surface area contributed by atoms with Crippen LogP contribution in [0.3, 0.4) is 0 Å². The first kappa shape index (κ1) is 19.1. The van der Waals surface area contributed by atoms with Gasteiger partial charge in [-0.3, -0.25) is 4.79 Å². The van der Waals surface area contributed by atoms with Gasteiger partial charge in [-0.25, -0.2) is 0 Å². The summed E-state index contributed by atoms with van der Waals surface area (Å²) in [5, 5.41) is 0. The highest BCUT2D eigenvalue weighted by molar-refractivity contribution is 6.63. The molecule has 0 bridgehead atoms. The van der Waals surface area contributed by atoms with E-state index >= 15 is 0 Å². The summed E-state index contributed by atoms with van der Waals surface area (Å²) >= 11 is 0. The molecule has 1 unspecified atom stereocenters. The van der Waals surface area contributed by atoms with Gasteiger partial charge in [0.05, 0.1) is 0 Å². The van der Waals surface area contributed by atoms with Crippen molar-refractivity contribution < 1.29 is 22.8 Å². The third kappa shape index (κ3) is 5.33. The van der Waals surface area contributed by atoms with Crippen molar-refractivity contribution in [2.75, 3.05) is 21.3 Å². The summed E-state index contributed by atoms with van der Waals surface area (Å²) < 4.78 is 21.8. The average molecular weight is 343 g/mol. The first-order valence-corrected chi connectivity index (χ1v) is 12.3. The van der Waals surface area contributed by atoms with Crippen molar-refractivity contribution in [2.24, 2.45) is 0 Å². The van der Waals surface area contributed by atoms with Crippen LogP contribution in [-0.4, -0.2) is 44.9 Å². The van der Waals surface area contributed by atoms with E-state index in [1.54, 1.807) is 33.5 Å². The van der Waals surface area contributed by atoms with E-state index in [-0.39, 0.29) is 11.5 Å². The van der Waals surface area contributed by atoms with Crippen molar-refractivity contribution in [2.45, 2.75) is 31.1 Å². The fourth-order valence-corrected chi connectivity index (χ4v) is 5.85. The Balaban J connectivity index is 2.71. The lowest BCUT2D eigenvalue weighted by Crippen LogP contribution is -2.43. The molecular formula is C15H26O5Si2. The Labute approximate surface area is 135 Å². The van der Waals surface area contributed by atoms with Gasteiger partial charge in [0, 0.05) is 41.7 Å². The number of carbonyl (C=O) groups excluding carboxylic acids is 1. The maximum atomic E-state index is 12.4. The Hall–Kier alpha value is -0.996. The van der Waals surface area contributed by atoms with Crippen LogP contribution in [0.15, 0.2) is 30.3 Å². The van der Waals surface area contributed by atoms with E-state index in [0.29, 0.717) is 18.2 Å². The van der Waals surface area contributed by atoms with Crippen molar-refractivity contribution >= 4 is 23.6 Å². The molecule has 1 aromatic carbocycles. The molecule has 0 aliphatic heterocycles. The standard InChI is InChI=1S/C15H26O5Si2/c1-17-22(18-2,19-3)12-11-14(21(4)5)15(16)20-13-9-7-6-8-10-13/h6-10,14,21H,11-12H2,1-5H3. The number of hydrogen-bond acceptors (Lipinski definition) is 5. The van der Waals surface area contributed by atoms with Crippen molar-refractivity contribution in [1.82, 2.24) is 0 Å². The molecule has 0 aliphatic rings. The van der Waals surface area contributed by atoms with Gasteiger partial charge in [0.25, 0.3) is 0 Å². The first-order valence-electron chi connectivity index (χ1n) is 7.40. The molecule has 0 N–H and O–H groups in total. The van der Waals surface area contributed by atoms with Gasteiger partial charge >= 0.3 is 14.8 Å². The van der Waals surface area contributed by atoms with E-state index in [1.807, 2.05) is 18.2 Å². The molecule has 0 fully saturated rings. The summed E-state index contributed by atoms with van der Waals surface area (Å²) in [4.78, 5) is 12.4. The molecule has 0 aromatic heterocycles. The van der Waals surface area contributed by atoms with Crippen molar-refractivity contribution in [1.29, 1.82) is 0 Å². The van der Waals surface area contributed by atoms with Crippen molar-refractivity contribution in [3.63, 3.8) is 0 Å². The highest BCUT2D eigenvalue weighted by Crippen LogP contribution is 2.26. The maximum Gasteiger partial charge on any atom is 0.500 e. The quantitative estimate of drug-likeness (QED) is 0.392. The van der Waals surface area contributed by atoms with E-state index in [2.05, 4.69) is 13.1 Å². The van der Waals surface area contributed by atoms with Gasteiger partial charge in [0.15, 0.2) is 0 Å². The lowest BCUT2D eigenvalue weighted by Gasteiger charge is -2.26. The highest BCUT2D eigenvalue weighted by Gasteiger charge is 2.39. The minimum Gasteiger partial charge on any atom is -0.427 e. The number of rotatable bonds is 9. The lowest BCUT2D eigenvalue weighted by atomic mass is 10.3. The fraction of sp³-hybridized carbons (Fsp3) is 0.533. The molecule has 0 aliphatic carbocycles. The molecule has 0 saturated carbocycles. The van der Waals surface area contributed by atoms with Crippen molar-refractivity contribution in [3.05, 3.63) is 30.3 Å². The zero-order valence-corrected chi connectivity index (χ0v) is 16.2. The average Bonchev–Trinajstić information content (AvgIpc) is 2.52. The van der Waals surface area contributed by atoms with Crippen LogP contribution in [0.25, 0.3) is 0 Å². The largest absolute Gasteiger partial charge is 0.500 e.